The monoisotopic (exact) mass is 228 g/mol. The maximum Gasteiger partial charge on any atom is 0.222 e. The van der Waals surface area contributed by atoms with Gasteiger partial charge in [0.05, 0.1) is 6.61 Å². The minimum Gasteiger partial charge on any atom is -0.381 e. The van der Waals surface area contributed by atoms with Crippen LogP contribution in [0.3, 0.4) is 0 Å². The Hall–Kier alpha value is -0.610. The quantitative estimate of drug-likeness (QED) is 0.668. The van der Waals surface area contributed by atoms with E-state index in [2.05, 4.69) is 10.6 Å². The average molecular weight is 228 g/mol. The van der Waals surface area contributed by atoms with Gasteiger partial charge in [-0.1, -0.05) is 0 Å². The second-order valence-electron chi connectivity index (χ2n) is 4.35. The Balaban J connectivity index is 2.10. The van der Waals surface area contributed by atoms with Crippen molar-refractivity contribution < 1.29 is 9.53 Å². The molecule has 16 heavy (non-hydrogen) atoms. The molecule has 4 heteroatoms. The van der Waals surface area contributed by atoms with Crippen molar-refractivity contribution in [2.75, 3.05) is 20.3 Å². The van der Waals surface area contributed by atoms with E-state index >= 15 is 0 Å². The summed E-state index contributed by atoms with van der Waals surface area (Å²) in [5.41, 5.74) is 0. The van der Waals surface area contributed by atoms with Gasteiger partial charge in [-0.05, 0) is 39.7 Å². The summed E-state index contributed by atoms with van der Waals surface area (Å²) < 4.78 is 5.16. The van der Waals surface area contributed by atoms with Crippen molar-refractivity contribution in [2.24, 2.45) is 0 Å². The van der Waals surface area contributed by atoms with E-state index in [1.165, 1.54) is 0 Å². The third-order valence-corrected chi connectivity index (χ3v) is 3.18. The smallest absolute Gasteiger partial charge is 0.222 e. The van der Waals surface area contributed by atoms with E-state index in [1.807, 2.05) is 14.0 Å². The molecule has 4 nitrogen and oxygen atoms in total. The van der Waals surface area contributed by atoms with Gasteiger partial charge in [-0.3, -0.25) is 4.79 Å². The van der Waals surface area contributed by atoms with Crippen LogP contribution in [0, 0.1) is 0 Å². The Bertz CT molecular complexity index is 201. The summed E-state index contributed by atoms with van der Waals surface area (Å²) >= 11 is 0. The minimum absolute atomic E-state index is 0.126. The lowest BCUT2D eigenvalue weighted by molar-refractivity contribution is -0.123. The fourth-order valence-corrected chi connectivity index (χ4v) is 2.14. The highest BCUT2D eigenvalue weighted by Gasteiger charge is 2.20. The molecule has 0 saturated heterocycles. The molecule has 1 aliphatic rings. The first-order valence-corrected chi connectivity index (χ1v) is 6.30. The standard InChI is InChI=1S/C12H24N2O2/c1-3-16-9-8-12(15)14-11-6-4-10(13-2)5-7-11/h10-11,13H,3-9H2,1-2H3,(H,14,15). The SMILES string of the molecule is CCOCCC(=O)NC1CCC(NC)CC1. The van der Waals surface area contributed by atoms with E-state index in [1.54, 1.807) is 0 Å². The molecule has 1 rings (SSSR count). The third kappa shape index (κ3) is 4.94. The molecule has 94 valence electrons. The van der Waals surface area contributed by atoms with Crippen LogP contribution < -0.4 is 10.6 Å². The van der Waals surface area contributed by atoms with Gasteiger partial charge in [0.2, 0.25) is 5.91 Å². The van der Waals surface area contributed by atoms with Crippen molar-refractivity contribution in [3.05, 3.63) is 0 Å². The van der Waals surface area contributed by atoms with Crippen molar-refractivity contribution in [3.63, 3.8) is 0 Å². The molecule has 1 amide bonds. The van der Waals surface area contributed by atoms with E-state index in [-0.39, 0.29) is 5.91 Å². The molecule has 0 radical (unpaired) electrons. The van der Waals surface area contributed by atoms with Gasteiger partial charge in [0.15, 0.2) is 0 Å². The van der Waals surface area contributed by atoms with Crippen molar-refractivity contribution in [1.29, 1.82) is 0 Å². The van der Waals surface area contributed by atoms with E-state index in [4.69, 9.17) is 4.74 Å². The number of rotatable bonds is 6. The second kappa shape index (κ2) is 7.63. The maximum absolute atomic E-state index is 11.5. The van der Waals surface area contributed by atoms with Gasteiger partial charge in [-0.2, -0.15) is 0 Å². The number of carbonyl (C=O) groups excluding carboxylic acids is 1. The van der Waals surface area contributed by atoms with Crippen molar-refractivity contribution in [3.8, 4) is 0 Å². The summed E-state index contributed by atoms with van der Waals surface area (Å²) in [4.78, 5) is 11.5. The van der Waals surface area contributed by atoms with E-state index in [0.29, 0.717) is 31.7 Å². The van der Waals surface area contributed by atoms with E-state index in [9.17, 15) is 4.79 Å². The van der Waals surface area contributed by atoms with E-state index in [0.717, 1.165) is 25.7 Å². The first kappa shape index (κ1) is 13.5. The van der Waals surface area contributed by atoms with Crippen LogP contribution in [-0.4, -0.2) is 38.3 Å². The number of hydrogen-bond acceptors (Lipinski definition) is 3. The molecule has 0 heterocycles. The van der Waals surface area contributed by atoms with Crippen LogP contribution in [0.1, 0.15) is 39.0 Å². The molecule has 1 fully saturated rings. The zero-order valence-corrected chi connectivity index (χ0v) is 10.4. The van der Waals surface area contributed by atoms with Crippen LogP contribution in [0.15, 0.2) is 0 Å². The molecule has 1 aliphatic carbocycles. The first-order chi connectivity index (χ1) is 7.76. The Labute approximate surface area is 98.1 Å². The number of ether oxygens (including phenoxy) is 1. The molecule has 1 saturated carbocycles. The highest BCUT2D eigenvalue weighted by Crippen LogP contribution is 2.18. The summed E-state index contributed by atoms with van der Waals surface area (Å²) in [7, 11) is 2.01. The Morgan fingerprint density at radius 2 is 1.88 bits per heavy atom. The Morgan fingerprint density at radius 1 is 1.25 bits per heavy atom. The zero-order valence-electron chi connectivity index (χ0n) is 10.4. The lowest BCUT2D eigenvalue weighted by Crippen LogP contribution is -2.41. The molecular formula is C12H24N2O2. The minimum atomic E-state index is 0.126. The maximum atomic E-state index is 11.5. The summed E-state index contributed by atoms with van der Waals surface area (Å²) in [6.45, 7) is 3.16. The van der Waals surface area contributed by atoms with Crippen LogP contribution >= 0.6 is 0 Å². The summed E-state index contributed by atoms with van der Waals surface area (Å²) in [5.74, 6) is 0.126. The normalized spacial score (nSPS) is 25.4. The third-order valence-electron chi connectivity index (χ3n) is 3.18. The van der Waals surface area contributed by atoms with Gasteiger partial charge in [0.1, 0.15) is 0 Å². The number of amides is 1. The van der Waals surface area contributed by atoms with Gasteiger partial charge in [-0.15, -0.1) is 0 Å². The van der Waals surface area contributed by atoms with Gasteiger partial charge >= 0.3 is 0 Å². The molecule has 0 aliphatic heterocycles. The van der Waals surface area contributed by atoms with Gasteiger partial charge in [-0.25, -0.2) is 0 Å². The van der Waals surface area contributed by atoms with Crippen LogP contribution in [0.2, 0.25) is 0 Å². The highest BCUT2D eigenvalue weighted by molar-refractivity contribution is 5.76. The van der Waals surface area contributed by atoms with Crippen LogP contribution in [0.4, 0.5) is 0 Å². The van der Waals surface area contributed by atoms with Crippen LogP contribution in [-0.2, 0) is 9.53 Å². The van der Waals surface area contributed by atoms with Crippen molar-refractivity contribution in [1.82, 2.24) is 10.6 Å². The largest absolute Gasteiger partial charge is 0.381 e. The fraction of sp³-hybridized carbons (Fsp3) is 0.917. The van der Waals surface area contributed by atoms with Crippen molar-refractivity contribution >= 4 is 5.91 Å². The number of carbonyl (C=O) groups is 1. The number of nitrogens with one attached hydrogen (secondary N) is 2. The zero-order chi connectivity index (χ0) is 11.8. The average Bonchev–Trinajstić information content (AvgIpc) is 2.30. The van der Waals surface area contributed by atoms with Crippen molar-refractivity contribution in [2.45, 2.75) is 51.1 Å². The van der Waals surface area contributed by atoms with Gasteiger partial charge in [0, 0.05) is 25.1 Å². The Morgan fingerprint density at radius 3 is 2.44 bits per heavy atom. The summed E-state index contributed by atoms with van der Waals surface area (Å²) in [6.07, 6.45) is 4.98. The topological polar surface area (TPSA) is 50.4 Å². The predicted octanol–water partition coefficient (Wildman–Crippen LogP) is 1.06. The molecule has 0 bridgehead atoms. The second-order valence-corrected chi connectivity index (χ2v) is 4.35. The molecule has 0 aromatic carbocycles. The van der Waals surface area contributed by atoms with Gasteiger partial charge in [0.25, 0.3) is 0 Å². The number of hydrogen-bond donors (Lipinski definition) is 2. The molecule has 2 N–H and O–H groups in total. The molecule has 0 aromatic rings. The van der Waals surface area contributed by atoms with E-state index < -0.39 is 0 Å². The lowest BCUT2D eigenvalue weighted by atomic mass is 9.91. The highest BCUT2D eigenvalue weighted by atomic mass is 16.5. The molecule has 0 atom stereocenters. The fourth-order valence-electron chi connectivity index (χ4n) is 2.14. The van der Waals surface area contributed by atoms with Crippen LogP contribution in [0.25, 0.3) is 0 Å². The molecule has 0 spiro atoms. The summed E-state index contributed by atoms with van der Waals surface area (Å²) in [5, 5.41) is 6.36. The lowest BCUT2D eigenvalue weighted by Gasteiger charge is -2.28. The molecule has 0 aromatic heterocycles. The van der Waals surface area contributed by atoms with Gasteiger partial charge < -0.3 is 15.4 Å². The molecule has 0 unspecified atom stereocenters. The first-order valence-electron chi connectivity index (χ1n) is 6.30. The van der Waals surface area contributed by atoms with Crippen LogP contribution in [0.5, 0.6) is 0 Å². The summed E-state index contributed by atoms with van der Waals surface area (Å²) in [6, 6.07) is 1.01. The predicted molar refractivity (Wildman–Crippen MR) is 64.4 cm³/mol. The Kier molecular flexibility index (Phi) is 6.42. The molecular weight excluding hydrogens is 204 g/mol.